The number of nitrogens with one attached hydrogen (secondary N) is 2. The van der Waals surface area contributed by atoms with Gasteiger partial charge in [0.05, 0.1) is 11.9 Å². The molecule has 0 aliphatic heterocycles. The van der Waals surface area contributed by atoms with Crippen molar-refractivity contribution in [3.05, 3.63) is 52.1 Å². The number of carbonyl (C=O) groups excluding carboxylic acids is 2. The molecule has 0 atom stereocenters. The van der Waals surface area contributed by atoms with Crippen molar-refractivity contribution in [3.8, 4) is 0 Å². The third-order valence-electron chi connectivity index (χ3n) is 3.27. The van der Waals surface area contributed by atoms with E-state index in [0.29, 0.717) is 17.1 Å². The van der Waals surface area contributed by atoms with Gasteiger partial charge in [-0.3, -0.25) is 13.9 Å². The molecular formula is C17H18IN3O4S. The van der Waals surface area contributed by atoms with E-state index in [-0.39, 0.29) is 12.5 Å². The van der Waals surface area contributed by atoms with Crippen molar-refractivity contribution in [1.82, 2.24) is 0 Å². The van der Waals surface area contributed by atoms with Crippen LogP contribution in [0.2, 0.25) is 0 Å². The normalized spacial score (nSPS) is 10.9. The van der Waals surface area contributed by atoms with Crippen LogP contribution in [0.1, 0.15) is 6.92 Å². The Morgan fingerprint density at radius 3 is 2.15 bits per heavy atom. The van der Waals surface area contributed by atoms with Gasteiger partial charge in [0.1, 0.15) is 6.54 Å². The Balaban J connectivity index is 2.15. The predicted octanol–water partition coefficient (Wildman–Crippen LogP) is 2.65. The summed E-state index contributed by atoms with van der Waals surface area (Å²) in [6.45, 7) is 1.03. The van der Waals surface area contributed by atoms with Gasteiger partial charge >= 0.3 is 0 Å². The van der Waals surface area contributed by atoms with Crippen LogP contribution in [-0.2, 0) is 19.6 Å². The monoisotopic (exact) mass is 487 g/mol. The molecule has 2 N–H and O–H groups in total. The summed E-state index contributed by atoms with van der Waals surface area (Å²) in [6.07, 6.45) is 1.05. The topological polar surface area (TPSA) is 95.6 Å². The molecule has 2 aromatic rings. The number of halogens is 1. The van der Waals surface area contributed by atoms with Gasteiger partial charge in [-0.25, -0.2) is 8.42 Å². The summed E-state index contributed by atoms with van der Waals surface area (Å²) in [5.74, 6) is -0.718. The molecule has 0 saturated carbocycles. The Kier molecular flexibility index (Phi) is 6.59. The Hall–Kier alpha value is -2.14. The number of hydrogen-bond acceptors (Lipinski definition) is 4. The third kappa shape index (κ3) is 5.99. The molecule has 0 unspecified atom stereocenters. The molecule has 0 radical (unpaired) electrons. The van der Waals surface area contributed by atoms with E-state index in [0.717, 1.165) is 14.1 Å². The van der Waals surface area contributed by atoms with E-state index in [4.69, 9.17) is 0 Å². The molecule has 0 heterocycles. The van der Waals surface area contributed by atoms with Crippen molar-refractivity contribution in [3.63, 3.8) is 0 Å². The first kappa shape index (κ1) is 20.2. The summed E-state index contributed by atoms with van der Waals surface area (Å²) < 4.78 is 26.1. The molecule has 26 heavy (non-hydrogen) atoms. The number of rotatable bonds is 6. The zero-order chi connectivity index (χ0) is 19.3. The molecule has 0 saturated heterocycles. The van der Waals surface area contributed by atoms with E-state index in [1.165, 1.54) is 6.92 Å². The third-order valence-corrected chi connectivity index (χ3v) is 5.13. The van der Waals surface area contributed by atoms with E-state index in [1.54, 1.807) is 48.5 Å². The van der Waals surface area contributed by atoms with Gasteiger partial charge in [-0.15, -0.1) is 0 Å². The number of nitrogens with zero attached hydrogens (tertiary/aromatic N) is 1. The summed E-state index contributed by atoms with van der Waals surface area (Å²) >= 11 is 2.12. The van der Waals surface area contributed by atoms with Gasteiger partial charge in [0.15, 0.2) is 0 Å². The maximum absolute atomic E-state index is 12.3. The van der Waals surface area contributed by atoms with E-state index < -0.39 is 15.9 Å². The fourth-order valence-electron chi connectivity index (χ4n) is 2.22. The van der Waals surface area contributed by atoms with E-state index >= 15 is 0 Å². The van der Waals surface area contributed by atoms with Gasteiger partial charge in [-0.1, -0.05) is 6.07 Å². The van der Waals surface area contributed by atoms with Crippen LogP contribution in [0.3, 0.4) is 0 Å². The maximum atomic E-state index is 12.3. The molecule has 0 aliphatic rings. The predicted molar refractivity (Wildman–Crippen MR) is 111 cm³/mol. The second kappa shape index (κ2) is 8.49. The smallest absolute Gasteiger partial charge is 0.245 e. The largest absolute Gasteiger partial charge is 0.326 e. The van der Waals surface area contributed by atoms with Crippen LogP contribution in [0.15, 0.2) is 48.5 Å². The molecule has 0 aromatic heterocycles. The van der Waals surface area contributed by atoms with Crippen molar-refractivity contribution in [1.29, 1.82) is 0 Å². The van der Waals surface area contributed by atoms with Crippen LogP contribution in [0, 0.1) is 3.57 Å². The lowest BCUT2D eigenvalue weighted by atomic mass is 10.2. The van der Waals surface area contributed by atoms with Crippen molar-refractivity contribution in [2.75, 3.05) is 27.7 Å². The molecule has 0 fully saturated rings. The van der Waals surface area contributed by atoms with Gasteiger partial charge in [0.25, 0.3) is 0 Å². The van der Waals surface area contributed by atoms with Crippen molar-refractivity contribution >= 4 is 61.5 Å². The highest BCUT2D eigenvalue weighted by molar-refractivity contribution is 14.1. The highest BCUT2D eigenvalue weighted by atomic mass is 127. The molecule has 9 heteroatoms. The number of hydrogen-bond donors (Lipinski definition) is 2. The van der Waals surface area contributed by atoms with Gasteiger partial charge in [0.2, 0.25) is 21.8 Å². The van der Waals surface area contributed by atoms with Crippen LogP contribution in [0.25, 0.3) is 0 Å². The lowest BCUT2D eigenvalue weighted by Crippen LogP contribution is -2.37. The van der Waals surface area contributed by atoms with Crippen LogP contribution in [0.4, 0.5) is 17.1 Å². The Bertz CT molecular complexity index is 914. The number of amides is 2. The number of sulfonamides is 1. The lowest BCUT2D eigenvalue weighted by molar-refractivity contribution is -0.115. The minimum absolute atomic E-state index is 0.226. The molecule has 0 aliphatic carbocycles. The number of anilines is 3. The number of benzene rings is 2. The Morgan fingerprint density at radius 2 is 1.62 bits per heavy atom. The molecule has 2 aromatic carbocycles. The van der Waals surface area contributed by atoms with Crippen LogP contribution < -0.4 is 14.9 Å². The highest BCUT2D eigenvalue weighted by Crippen LogP contribution is 2.20. The first-order valence-corrected chi connectivity index (χ1v) is 10.5. The first-order chi connectivity index (χ1) is 12.1. The van der Waals surface area contributed by atoms with E-state index in [9.17, 15) is 18.0 Å². The maximum Gasteiger partial charge on any atom is 0.245 e. The standard InChI is InChI=1S/C17H18IN3O4S/c1-12(22)19-14-4-3-5-15(10-14)20-17(23)11-21(26(2,24)25)16-8-6-13(18)7-9-16/h3-10H,11H2,1-2H3,(H,19,22)(H,20,23). The molecule has 0 bridgehead atoms. The average molecular weight is 487 g/mol. The van der Waals surface area contributed by atoms with Gasteiger partial charge in [-0.05, 0) is 65.1 Å². The van der Waals surface area contributed by atoms with Crippen molar-refractivity contribution in [2.45, 2.75) is 6.92 Å². The fraction of sp³-hybridized carbons (Fsp3) is 0.176. The first-order valence-electron chi connectivity index (χ1n) is 7.56. The molecule has 2 rings (SSSR count). The van der Waals surface area contributed by atoms with Crippen LogP contribution in [0.5, 0.6) is 0 Å². The van der Waals surface area contributed by atoms with Crippen LogP contribution in [-0.4, -0.2) is 33.0 Å². The second-order valence-electron chi connectivity index (χ2n) is 5.56. The van der Waals surface area contributed by atoms with E-state index in [2.05, 4.69) is 33.2 Å². The minimum atomic E-state index is -3.63. The van der Waals surface area contributed by atoms with Crippen molar-refractivity contribution < 1.29 is 18.0 Å². The van der Waals surface area contributed by atoms with Crippen molar-refractivity contribution in [2.24, 2.45) is 0 Å². The van der Waals surface area contributed by atoms with Gasteiger partial charge in [-0.2, -0.15) is 0 Å². The summed E-state index contributed by atoms with van der Waals surface area (Å²) in [6, 6.07) is 13.4. The summed E-state index contributed by atoms with van der Waals surface area (Å²) in [5, 5.41) is 5.26. The quantitative estimate of drug-likeness (QED) is 0.613. The average Bonchev–Trinajstić information content (AvgIpc) is 2.52. The fourth-order valence-corrected chi connectivity index (χ4v) is 3.43. The number of carbonyl (C=O) groups is 2. The molecular weight excluding hydrogens is 469 g/mol. The molecule has 138 valence electrons. The zero-order valence-electron chi connectivity index (χ0n) is 14.2. The SMILES string of the molecule is CC(=O)Nc1cccc(NC(=O)CN(c2ccc(I)cc2)S(C)(=O)=O)c1. The highest BCUT2D eigenvalue weighted by Gasteiger charge is 2.21. The molecule has 2 amide bonds. The van der Waals surface area contributed by atoms with Gasteiger partial charge in [0, 0.05) is 21.9 Å². The zero-order valence-corrected chi connectivity index (χ0v) is 17.2. The molecule has 7 nitrogen and oxygen atoms in total. The Morgan fingerprint density at radius 1 is 1.04 bits per heavy atom. The van der Waals surface area contributed by atoms with E-state index in [1.807, 2.05) is 0 Å². The Labute approximate surface area is 166 Å². The lowest BCUT2D eigenvalue weighted by Gasteiger charge is -2.22. The summed E-state index contributed by atoms with van der Waals surface area (Å²) in [5.41, 5.74) is 1.40. The molecule has 0 spiro atoms. The van der Waals surface area contributed by atoms with Crippen LogP contribution >= 0.6 is 22.6 Å². The summed E-state index contributed by atoms with van der Waals surface area (Å²) in [4.78, 5) is 23.4. The minimum Gasteiger partial charge on any atom is -0.326 e. The summed E-state index contributed by atoms with van der Waals surface area (Å²) in [7, 11) is -3.63. The second-order valence-corrected chi connectivity index (χ2v) is 8.71. The van der Waals surface area contributed by atoms with Gasteiger partial charge < -0.3 is 10.6 Å².